The molecule has 1 aromatic rings. The molecule has 1 unspecified atom stereocenters. The molecule has 0 aromatic heterocycles. The molecular formula is C15H21BrN2. The monoisotopic (exact) mass is 308 g/mol. The minimum atomic E-state index is 0.574. The van der Waals surface area contributed by atoms with Crippen LogP contribution in [0, 0.1) is 5.41 Å². The zero-order chi connectivity index (χ0) is 12.4. The van der Waals surface area contributed by atoms with Crippen molar-refractivity contribution in [2.75, 3.05) is 26.2 Å². The molecular weight excluding hydrogens is 288 g/mol. The van der Waals surface area contributed by atoms with E-state index < -0.39 is 0 Å². The van der Waals surface area contributed by atoms with Crippen molar-refractivity contribution in [1.82, 2.24) is 10.2 Å². The first-order valence-corrected chi connectivity index (χ1v) is 7.73. The summed E-state index contributed by atoms with van der Waals surface area (Å²) in [7, 11) is 0. The maximum Gasteiger partial charge on any atom is 0.0234 e. The van der Waals surface area contributed by atoms with Gasteiger partial charge in [0.15, 0.2) is 0 Å². The summed E-state index contributed by atoms with van der Waals surface area (Å²) in [5, 5.41) is 3.54. The summed E-state index contributed by atoms with van der Waals surface area (Å²) in [4.78, 5) is 2.64. The Labute approximate surface area is 118 Å². The molecule has 2 aliphatic rings. The van der Waals surface area contributed by atoms with E-state index in [2.05, 4.69) is 50.4 Å². The van der Waals surface area contributed by atoms with Crippen LogP contribution in [0.2, 0.25) is 0 Å². The summed E-state index contributed by atoms with van der Waals surface area (Å²) >= 11 is 3.56. The lowest BCUT2D eigenvalue weighted by Gasteiger charge is -2.40. The van der Waals surface area contributed by atoms with Gasteiger partial charge in [-0.2, -0.15) is 0 Å². The maximum absolute atomic E-state index is 3.56. The number of hydrogen-bond donors (Lipinski definition) is 1. The van der Waals surface area contributed by atoms with Crippen molar-refractivity contribution >= 4 is 15.9 Å². The minimum Gasteiger partial charge on any atom is -0.316 e. The van der Waals surface area contributed by atoms with Crippen molar-refractivity contribution in [3.8, 4) is 0 Å². The van der Waals surface area contributed by atoms with Gasteiger partial charge in [0.1, 0.15) is 0 Å². The predicted octanol–water partition coefficient (Wildman–Crippen LogP) is 3.02. The Bertz CT molecular complexity index is 413. The topological polar surface area (TPSA) is 15.3 Å². The minimum absolute atomic E-state index is 0.574. The summed E-state index contributed by atoms with van der Waals surface area (Å²) in [6, 6.07) is 8.71. The number of nitrogens with zero attached hydrogens (tertiary/aromatic N) is 1. The van der Waals surface area contributed by atoms with Gasteiger partial charge in [-0.15, -0.1) is 0 Å². The van der Waals surface area contributed by atoms with Crippen LogP contribution in [0.5, 0.6) is 0 Å². The Balaban J connectivity index is 1.66. The first-order chi connectivity index (χ1) is 8.76. The van der Waals surface area contributed by atoms with Crippen molar-refractivity contribution in [3.63, 3.8) is 0 Å². The van der Waals surface area contributed by atoms with Crippen LogP contribution in [-0.2, 0) is 6.54 Å². The van der Waals surface area contributed by atoms with Crippen molar-refractivity contribution in [1.29, 1.82) is 0 Å². The summed E-state index contributed by atoms with van der Waals surface area (Å²) in [6.07, 6.45) is 4.13. The quantitative estimate of drug-likeness (QED) is 0.903. The standard InChI is InChI=1S/C15H21BrN2/c16-14-4-1-3-13(9-14)10-18-8-2-5-15(12-18)6-7-17-11-15/h1,3-4,9,17H,2,5-8,10-12H2. The summed E-state index contributed by atoms with van der Waals surface area (Å²) < 4.78 is 1.19. The zero-order valence-corrected chi connectivity index (χ0v) is 12.4. The van der Waals surface area contributed by atoms with Gasteiger partial charge in [-0.25, -0.2) is 0 Å². The van der Waals surface area contributed by atoms with Gasteiger partial charge in [-0.1, -0.05) is 28.1 Å². The van der Waals surface area contributed by atoms with Crippen LogP contribution in [0.25, 0.3) is 0 Å². The number of piperidine rings is 1. The van der Waals surface area contributed by atoms with E-state index >= 15 is 0 Å². The third-order valence-electron chi connectivity index (χ3n) is 4.37. The molecule has 2 aliphatic heterocycles. The molecule has 2 saturated heterocycles. The number of hydrogen-bond acceptors (Lipinski definition) is 2. The highest BCUT2D eigenvalue weighted by Crippen LogP contribution is 2.35. The van der Waals surface area contributed by atoms with Gasteiger partial charge in [0, 0.05) is 24.1 Å². The molecule has 0 bridgehead atoms. The van der Waals surface area contributed by atoms with Crippen molar-refractivity contribution < 1.29 is 0 Å². The fraction of sp³-hybridized carbons (Fsp3) is 0.600. The lowest BCUT2D eigenvalue weighted by Crippen LogP contribution is -2.43. The van der Waals surface area contributed by atoms with E-state index in [4.69, 9.17) is 0 Å². The number of rotatable bonds is 2. The third-order valence-corrected chi connectivity index (χ3v) is 4.86. The van der Waals surface area contributed by atoms with E-state index in [1.54, 1.807) is 0 Å². The number of likely N-dealkylation sites (tertiary alicyclic amines) is 1. The lowest BCUT2D eigenvalue weighted by molar-refractivity contribution is 0.0978. The van der Waals surface area contributed by atoms with Crippen LogP contribution >= 0.6 is 15.9 Å². The largest absolute Gasteiger partial charge is 0.316 e. The number of halogens is 1. The molecule has 3 heteroatoms. The molecule has 1 spiro atoms. The van der Waals surface area contributed by atoms with Gasteiger partial charge in [0.25, 0.3) is 0 Å². The van der Waals surface area contributed by atoms with Crippen LogP contribution in [0.3, 0.4) is 0 Å². The van der Waals surface area contributed by atoms with Gasteiger partial charge in [0.05, 0.1) is 0 Å². The Morgan fingerprint density at radius 1 is 1.33 bits per heavy atom. The summed E-state index contributed by atoms with van der Waals surface area (Å²) in [6.45, 7) is 6.06. The molecule has 2 heterocycles. The number of nitrogens with one attached hydrogen (secondary N) is 1. The van der Waals surface area contributed by atoms with Crippen LogP contribution in [0.15, 0.2) is 28.7 Å². The smallest absolute Gasteiger partial charge is 0.0234 e. The molecule has 0 amide bonds. The van der Waals surface area contributed by atoms with E-state index in [1.807, 2.05) is 0 Å². The van der Waals surface area contributed by atoms with Gasteiger partial charge in [-0.3, -0.25) is 4.90 Å². The molecule has 1 N–H and O–H groups in total. The molecule has 0 aliphatic carbocycles. The van der Waals surface area contributed by atoms with Gasteiger partial charge < -0.3 is 5.32 Å². The van der Waals surface area contributed by atoms with Crippen LogP contribution in [0.1, 0.15) is 24.8 Å². The SMILES string of the molecule is Brc1cccc(CN2CCCC3(CCNC3)C2)c1. The first-order valence-electron chi connectivity index (χ1n) is 6.93. The van der Waals surface area contributed by atoms with Crippen LogP contribution in [0.4, 0.5) is 0 Å². The van der Waals surface area contributed by atoms with Crippen molar-refractivity contribution in [2.45, 2.75) is 25.8 Å². The predicted molar refractivity (Wildman–Crippen MR) is 78.6 cm³/mol. The Kier molecular flexibility index (Phi) is 3.73. The fourth-order valence-corrected chi connectivity index (χ4v) is 3.93. The van der Waals surface area contributed by atoms with Crippen LogP contribution < -0.4 is 5.32 Å². The molecule has 3 rings (SSSR count). The highest BCUT2D eigenvalue weighted by atomic mass is 79.9. The van der Waals surface area contributed by atoms with Crippen molar-refractivity contribution in [3.05, 3.63) is 34.3 Å². The number of benzene rings is 1. The molecule has 0 saturated carbocycles. The molecule has 2 fully saturated rings. The van der Waals surface area contributed by atoms with Gasteiger partial charge in [-0.05, 0) is 55.5 Å². The second-order valence-corrected chi connectivity index (χ2v) is 6.79. The molecule has 1 aromatic carbocycles. The van der Waals surface area contributed by atoms with E-state index in [-0.39, 0.29) is 0 Å². The maximum atomic E-state index is 3.56. The normalized spacial score (nSPS) is 28.9. The molecule has 1 atom stereocenters. The second kappa shape index (κ2) is 5.32. The van der Waals surface area contributed by atoms with Crippen LogP contribution in [-0.4, -0.2) is 31.1 Å². The highest BCUT2D eigenvalue weighted by Gasteiger charge is 2.37. The Hall–Kier alpha value is -0.380. The first kappa shape index (κ1) is 12.6. The zero-order valence-electron chi connectivity index (χ0n) is 10.8. The third kappa shape index (κ3) is 2.79. The lowest BCUT2D eigenvalue weighted by atomic mass is 9.79. The average Bonchev–Trinajstić information content (AvgIpc) is 2.77. The summed E-state index contributed by atoms with van der Waals surface area (Å²) in [5.41, 5.74) is 2.00. The molecule has 0 radical (unpaired) electrons. The van der Waals surface area contributed by atoms with E-state index in [1.165, 1.54) is 55.5 Å². The fourth-order valence-electron chi connectivity index (χ4n) is 3.48. The summed E-state index contributed by atoms with van der Waals surface area (Å²) in [5.74, 6) is 0. The molecule has 18 heavy (non-hydrogen) atoms. The van der Waals surface area contributed by atoms with E-state index in [0.29, 0.717) is 5.41 Å². The van der Waals surface area contributed by atoms with Gasteiger partial charge in [0.2, 0.25) is 0 Å². The van der Waals surface area contributed by atoms with E-state index in [0.717, 1.165) is 6.54 Å². The molecule has 2 nitrogen and oxygen atoms in total. The molecule has 98 valence electrons. The highest BCUT2D eigenvalue weighted by molar-refractivity contribution is 9.10. The average molecular weight is 309 g/mol. The Morgan fingerprint density at radius 3 is 3.06 bits per heavy atom. The Morgan fingerprint density at radius 2 is 2.28 bits per heavy atom. The van der Waals surface area contributed by atoms with Crippen molar-refractivity contribution in [2.24, 2.45) is 5.41 Å². The van der Waals surface area contributed by atoms with Gasteiger partial charge >= 0.3 is 0 Å². The second-order valence-electron chi connectivity index (χ2n) is 5.87. The van der Waals surface area contributed by atoms with E-state index in [9.17, 15) is 0 Å².